The first-order valence-electron chi connectivity index (χ1n) is 9.96. The van der Waals surface area contributed by atoms with Crippen LogP contribution >= 0.6 is 0 Å². The molecule has 0 amide bonds. The molecular formula is C23H22F3N3O3. The van der Waals surface area contributed by atoms with Crippen molar-refractivity contribution in [1.82, 2.24) is 14.8 Å². The number of carboxylic acids is 1. The number of alkyl halides is 1. The second kappa shape index (κ2) is 7.98. The Balaban J connectivity index is 2.14. The number of carbonyl (C=O) groups is 1. The Morgan fingerprint density at radius 2 is 2.00 bits per heavy atom. The van der Waals surface area contributed by atoms with Crippen molar-refractivity contribution in [3.8, 4) is 5.69 Å². The van der Waals surface area contributed by atoms with Crippen LogP contribution in [0.5, 0.6) is 0 Å². The maximum atomic E-state index is 14.5. The highest BCUT2D eigenvalue weighted by Crippen LogP contribution is 2.40. The summed E-state index contributed by atoms with van der Waals surface area (Å²) in [6.07, 6.45) is -0.926. The molecule has 0 aliphatic heterocycles. The molecule has 1 atom stereocenters. The summed E-state index contributed by atoms with van der Waals surface area (Å²) in [5, 5.41) is 17.5. The molecule has 0 saturated heterocycles. The Kier molecular flexibility index (Phi) is 5.46. The van der Waals surface area contributed by atoms with Crippen molar-refractivity contribution < 1.29 is 27.8 Å². The van der Waals surface area contributed by atoms with E-state index in [1.807, 2.05) is 13.8 Å². The lowest BCUT2D eigenvalue weighted by molar-refractivity contribution is -0.142. The number of hydrogen-bond acceptors (Lipinski definition) is 3. The quantitative estimate of drug-likeness (QED) is 0.433. The van der Waals surface area contributed by atoms with Gasteiger partial charge in [0.05, 0.1) is 23.8 Å². The summed E-state index contributed by atoms with van der Waals surface area (Å²) >= 11 is 0. The molecule has 0 fully saturated rings. The number of methoxy groups -OCH3 is 1. The third kappa shape index (κ3) is 3.62. The minimum absolute atomic E-state index is 0.226. The molecule has 168 valence electrons. The molecule has 0 spiro atoms. The van der Waals surface area contributed by atoms with Crippen molar-refractivity contribution in [1.29, 1.82) is 0 Å². The number of nitrogens with zero attached hydrogens (tertiary/aromatic N) is 2. The second-order valence-electron chi connectivity index (χ2n) is 8.41. The first-order chi connectivity index (χ1) is 15.1. The zero-order chi connectivity index (χ0) is 23.2. The van der Waals surface area contributed by atoms with Gasteiger partial charge in [-0.05, 0) is 29.8 Å². The van der Waals surface area contributed by atoms with Gasteiger partial charge in [-0.15, -0.1) is 0 Å². The Labute approximate surface area is 181 Å². The number of nitrogens with one attached hydrogen (secondary N) is 1. The SMILES string of the molecule is COCC(C)(C)c1c(C[C@H](F)C(=O)O)c2cc3[nH]ncc3cc2n1-c1ccc(F)c(F)c1. The van der Waals surface area contributed by atoms with Crippen molar-refractivity contribution in [2.75, 3.05) is 13.7 Å². The lowest BCUT2D eigenvalue weighted by Gasteiger charge is -2.28. The molecule has 2 aromatic carbocycles. The molecule has 32 heavy (non-hydrogen) atoms. The van der Waals surface area contributed by atoms with Crippen molar-refractivity contribution in [3.05, 3.63) is 59.4 Å². The largest absolute Gasteiger partial charge is 0.479 e. The molecule has 0 unspecified atom stereocenters. The van der Waals surface area contributed by atoms with Gasteiger partial charge in [0.1, 0.15) is 0 Å². The molecule has 0 bridgehead atoms. The number of aromatic amines is 1. The average Bonchev–Trinajstić information content (AvgIpc) is 3.30. The number of halogens is 3. The minimum Gasteiger partial charge on any atom is -0.479 e. The summed E-state index contributed by atoms with van der Waals surface area (Å²) in [7, 11) is 1.52. The van der Waals surface area contributed by atoms with Crippen molar-refractivity contribution in [2.45, 2.75) is 31.9 Å². The summed E-state index contributed by atoms with van der Waals surface area (Å²) in [6, 6.07) is 7.09. The van der Waals surface area contributed by atoms with Crippen LogP contribution in [0, 0.1) is 11.6 Å². The monoisotopic (exact) mass is 445 g/mol. The van der Waals surface area contributed by atoms with Crippen LogP contribution in [0.3, 0.4) is 0 Å². The zero-order valence-corrected chi connectivity index (χ0v) is 17.7. The number of H-pyrrole nitrogens is 1. The topological polar surface area (TPSA) is 80.1 Å². The second-order valence-corrected chi connectivity index (χ2v) is 8.41. The summed E-state index contributed by atoms with van der Waals surface area (Å²) < 4.78 is 49.5. The number of rotatable bonds is 7. The zero-order valence-electron chi connectivity index (χ0n) is 17.7. The van der Waals surface area contributed by atoms with E-state index < -0.39 is 35.6 Å². The van der Waals surface area contributed by atoms with Gasteiger partial charge in [0.15, 0.2) is 11.6 Å². The molecule has 6 nitrogen and oxygen atoms in total. The summed E-state index contributed by atoms with van der Waals surface area (Å²) in [4.78, 5) is 11.3. The van der Waals surface area contributed by atoms with Gasteiger partial charge in [0.2, 0.25) is 6.17 Å². The number of ether oxygens (including phenoxy) is 1. The number of hydrogen-bond donors (Lipinski definition) is 2. The van der Waals surface area contributed by atoms with Crippen LogP contribution in [0.15, 0.2) is 36.5 Å². The molecule has 4 aromatic rings. The van der Waals surface area contributed by atoms with Crippen LogP contribution < -0.4 is 0 Å². The first kappa shape index (κ1) is 21.9. The van der Waals surface area contributed by atoms with E-state index in [1.54, 1.807) is 22.9 Å². The van der Waals surface area contributed by atoms with Crippen molar-refractivity contribution in [3.63, 3.8) is 0 Å². The van der Waals surface area contributed by atoms with E-state index >= 15 is 0 Å². The number of benzene rings is 2. The molecule has 9 heteroatoms. The van der Waals surface area contributed by atoms with E-state index in [9.17, 15) is 23.1 Å². The fourth-order valence-corrected chi connectivity index (χ4v) is 4.29. The molecule has 2 heterocycles. The Morgan fingerprint density at radius 3 is 2.66 bits per heavy atom. The van der Waals surface area contributed by atoms with E-state index in [4.69, 9.17) is 4.74 Å². The van der Waals surface area contributed by atoms with Crippen molar-refractivity contribution in [2.24, 2.45) is 0 Å². The van der Waals surface area contributed by atoms with Gasteiger partial charge in [-0.1, -0.05) is 13.8 Å². The van der Waals surface area contributed by atoms with E-state index in [2.05, 4.69) is 10.2 Å². The normalized spacial score (nSPS) is 13.2. The standard InChI is InChI=1S/C23H22F3N3O3/c1-23(2,11-32-3)21-15(8-18(26)22(30)31)14-9-19-12(10-27-28-19)6-20(14)29(21)13-4-5-16(24)17(25)7-13/h4-7,9-10,18H,8,11H2,1-3H3,(H,27,28)(H,30,31)/t18-/m0/s1. The fraction of sp³-hybridized carbons (Fsp3) is 0.304. The lowest BCUT2D eigenvalue weighted by atomic mass is 9.85. The lowest BCUT2D eigenvalue weighted by Crippen LogP contribution is -2.29. The highest BCUT2D eigenvalue weighted by atomic mass is 19.2. The van der Waals surface area contributed by atoms with E-state index in [0.717, 1.165) is 17.5 Å². The van der Waals surface area contributed by atoms with Gasteiger partial charge >= 0.3 is 5.97 Å². The number of carboxylic acid groups (broad SMARTS) is 1. The molecule has 0 aliphatic carbocycles. The first-order valence-corrected chi connectivity index (χ1v) is 9.96. The number of aliphatic carboxylic acids is 1. The molecule has 0 radical (unpaired) electrons. The van der Waals surface area contributed by atoms with Crippen LogP contribution in [-0.4, -0.2) is 45.7 Å². The molecular weight excluding hydrogens is 423 g/mol. The minimum atomic E-state index is -2.14. The highest BCUT2D eigenvalue weighted by molar-refractivity contribution is 5.99. The third-order valence-corrected chi connectivity index (χ3v) is 5.59. The van der Waals surface area contributed by atoms with Gasteiger partial charge in [0.25, 0.3) is 0 Å². The van der Waals surface area contributed by atoms with Crippen LogP contribution in [0.4, 0.5) is 13.2 Å². The predicted octanol–water partition coefficient (Wildman–Crippen LogP) is 4.67. The van der Waals surface area contributed by atoms with Gasteiger partial charge in [0, 0.05) is 47.2 Å². The molecule has 4 rings (SSSR count). The van der Waals surface area contributed by atoms with Gasteiger partial charge in [-0.3, -0.25) is 5.10 Å². The summed E-state index contributed by atoms with van der Waals surface area (Å²) in [5.74, 6) is -3.59. The van der Waals surface area contributed by atoms with Gasteiger partial charge < -0.3 is 14.4 Å². The smallest absolute Gasteiger partial charge is 0.338 e. The van der Waals surface area contributed by atoms with Crippen LogP contribution in [0.25, 0.3) is 27.5 Å². The fourth-order valence-electron chi connectivity index (χ4n) is 4.29. The third-order valence-electron chi connectivity index (χ3n) is 5.59. The van der Waals surface area contributed by atoms with Gasteiger partial charge in [-0.2, -0.15) is 5.10 Å². The van der Waals surface area contributed by atoms with Gasteiger partial charge in [-0.25, -0.2) is 18.0 Å². The van der Waals surface area contributed by atoms with Crippen LogP contribution in [0.1, 0.15) is 25.1 Å². The highest BCUT2D eigenvalue weighted by Gasteiger charge is 2.33. The van der Waals surface area contributed by atoms with Crippen LogP contribution in [-0.2, 0) is 21.4 Å². The predicted molar refractivity (Wildman–Crippen MR) is 114 cm³/mol. The van der Waals surface area contributed by atoms with Crippen LogP contribution in [0.2, 0.25) is 0 Å². The van der Waals surface area contributed by atoms with Crippen molar-refractivity contribution >= 4 is 27.8 Å². The Bertz CT molecular complexity index is 1330. The Morgan fingerprint density at radius 1 is 1.25 bits per heavy atom. The van der Waals surface area contributed by atoms with E-state index in [-0.39, 0.29) is 6.61 Å². The van der Waals surface area contributed by atoms with E-state index in [1.165, 1.54) is 13.2 Å². The number of fused-ring (bicyclic) bond motifs is 2. The molecule has 0 aliphatic rings. The maximum absolute atomic E-state index is 14.5. The number of aromatic nitrogens is 3. The molecule has 2 aromatic heterocycles. The Hall–Kier alpha value is -3.33. The maximum Gasteiger partial charge on any atom is 0.338 e. The van der Waals surface area contributed by atoms with E-state index in [0.29, 0.717) is 33.4 Å². The molecule has 2 N–H and O–H groups in total. The average molecular weight is 445 g/mol. The summed E-state index contributed by atoms with van der Waals surface area (Å²) in [5.41, 5.74) is 1.90. The summed E-state index contributed by atoms with van der Waals surface area (Å²) in [6.45, 7) is 3.96. The molecule has 0 saturated carbocycles.